The molecule has 0 fully saturated rings. The Morgan fingerprint density at radius 1 is 1.17 bits per heavy atom. The van der Waals surface area contributed by atoms with Gasteiger partial charge >= 0.3 is 0 Å². The van der Waals surface area contributed by atoms with Crippen LogP contribution in [-0.2, 0) is 24.3 Å². The number of ether oxygens (including phenoxy) is 1. The van der Waals surface area contributed by atoms with Gasteiger partial charge in [-0.1, -0.05) is 36.4 Å². The average molecular weight is 409 g/mol. The number of fused-ring (bicyclic) bond motifs is 1. The van der Waals surface area contributed by atoms with Crippen molar-refractivity contribution in [1.29, 1.82) is 0 Å². The van der Waals surface area contributed by atoms with Crippen molar-refractivity contribution in [2.24, 2.45) is 4.99 Å². The number of benzene rings is 2. The smallest absolute Gasteiger partial charge is 0.222 e. The number of carbonyl (C=O) groups is 1. The van der Waals surface area contributed by atoms with E-state index in [2.05, 4.69) is 45.5 Å². The number of amides is 1. The van der Waals surface area contributed by atoms with Crippen molar-refractivity contribution in [2.75, 3.05) is 34.3 Å². The molecule has 6 heteroatoms. The van der Waals surface area contributed by atoms with E-state index in [1.165, 1.54) is 16.7 Å². The fourth-order valence-corrected chi connectivity index (χ4v) is 3.77. The predicted octanol–water partition coefficient (Wildman–Crippen LogP) is 3.07. The molecule has 1 aliphatic rings. The molecule has 0 aliphatic carbocycles. The van der Waals surface area contributed by atoms with E-state index < -0.39 is 0 Å². The Hall–Kier alpha value is -3.02. The highest BCUT2D eigenvalue weighted by Gasteiger charge is 2.19. The first-order valence-electron chi connectivity index (χ1n) is 10.5. The average Bonchev–Trinajstić information content (AvgIpc) is 2.79. The van der Waals surface area contributed by atoms with Crippen molar-refractivity contribution >= 4 is 11.9 Å². The first kappa shape index (κ1) is 21.7. The van der Waals surface area contributed by atoms with Gasteiger partial charge in [-0.05, 0) is 41.7 Å². The van der Waals surface area contributed by atoms with Crippen molar-refractivity contribution < 1.29 is 9.53 Å². The Balaban J connectivity index is 1.40. The van der Waals surface area contributed by atoms with Crippen LogP contribution in [0.1, 0.15) is 29.5 Å². The fraction of sp³-hybridized carbons (Fsp3) is 0.417. The van der Waals surface area contributed by atoms with Gasteiger partial charge in [-0.15, -0.1) is 0 Å². The van der Waals surface area contributed by atoms with Crippen molar-refractivity contribution in [1.82, 2.24) is 15.1 Å². The normalized spacial score (nSPS) is 13.6. The lowest BCUT2D eigenvalue weighted by atomic mass is 9.99. The minimum Gasteiger partial charge on any atom is -0.497 e. The first-order valence-corrected chi connectivity index (χ1v) is 10.5. The minimum absolute atomic E-state index is 0.230. The van der Waals surface area contributed by atoms with Gasteiger partial charge < -0.3 is 19.9 Å². The maximum absolute atomic E-state index is 12.6. The molecule has 1 amide bonds. The highest BCUT2D eigenvalue weighted by molar-refractivity contribution is 5.80. The number of methoxy groups -OCH3 is 1. The third kappa shape index (κ3) is 5.75. The number of hydrogen-bond donors (Lipinski definition) is 1. The maximum atomic E-state index is 12.6. The van der Waals surface area contributed by atoms with Crippen molar-refractivity contribution in [2.45, 2.75) is 32.4 Å². The molecule has 0 radical (unpaired) electrons. The number of nitrogens with zero attached hydrogens (tertiary/aromatic N) is 3. The molecule has 0 unspecified atom stereocenters. The van der Waals surface area contributed by atoms with E-state index in [9.17, 15) is 4.79 Å². The van der Waals surface area contributed by atoms with Crippen molar-refractivity contribution in [3.05, 3.63) is 65.2 Å². The van der Waals surface area contributed by atoms with Gasteiger partial charge in [-0.3, -0.25) is 9.79 Å². The highest BCUT2D eigenvalue weighted by atomic mass is 16.5. The molecule has 0 atom stereocenters. The second-order valence-corrected chi connectivity index (χ2v) is 7.62. The quantitative estimate of drug-likeness (QED) is 0.435. The van der Waals surface area contributed by atoms with Crippen LogP contribution in [0.4, 0.5) is 0 Å². The molecule has 1 N–H and O–H groups in total. The van der Waals surface area contributed by atoms with Crippen LogP contribution in [0.3, 0.4) is 0 Å². The van der Waals surface area contributed by atoms with Crippen molar-refractivity contribution in [3.63, 3.8) is 0 Å². The number of carbonyl (C=O) groups excluding carboxylic acids is 1. The van der Waals surface area contributed by atoms with E-state index >= 15 is 0 Å². The Morgan fingerprint density at radius 2 is 1.90 bits per heavy atom. The molecular weight excluding hydrogens is 376 g/mol. The molecule has 2 aromatic rings. The van der Waals surface area contributed by atoms with E-state index in [4.69, 9.17) is 4.74 Å². The Labute approximate surface area is 179 Å². The van der Waals surface area contributed by atoms with Crippen LogP contribution >= 0.6 is 0 Å². The van der Waals surface area contributed by atoms with E-state index in [0.29, 0.717) is 6.42 Å². The number of aliphatic imine (C=N–C) groups is 1. The summed E-state index contributed by atoms with van der Waals surface area (Å²) >= 11 is 0. The molecule has 1 aliphatic heterocycles. The van der Waals surface area contributed by atoms with Gasteiger partial charge in [0, 0.05) is 46.7 Å². The molecule has 3 rings (SSSR count). The predicted molar refractivity (Wildman–Crippen MR) is 121 cm³/mol. The van der Waals surface area contributed by atoms with Gasteiger partial charge in [0.25, 0.3) is 0 Å². The Bertz CT molecular complexity index is 864. The summed E-state index contributed by atoms with van der Waals surface area (Å²) in [5.41, 5.74) is 3.82. The van der Waals surface area contributed by atoms with E-state index in [-0.39, 0.29) is 5.91 Å². The molecule has 2 aromatic carbocycles. The lowest BCUT2D eigenvalue weighted by Crippen LogP contribution is -2.39. The van der Waals surface area contributed by atoms with E-state index in [1.807, 2.05) is 30.1 Å². The number of guanidine groups is 1. The molecule has 160 valence electrons. The van der Waals surface area contributed by atoms with Gasteiger partial charge in [-0.25, -0.2) is 0 Å². The monoisotopic (exact) mass is 408 g/mol. The molecule has 6 nitrogen and oxygen atoms in total. The first-order chi connectivity index (χ1) is 14.6. The van der Waals surface area contributed by atoms with Crippen LogP contribution < -0.4 is 10.1 Å². The molecule has 0 spiro atoms. The molecule has 0 aromatic heterocycles. The summed E-state index contributed by atoms with van der Waals surface area (Å²) in [4.78, 5) is 21.0. The second kappa shape index (κ2) is 10.7. The van der Waals surface area contributed by atoms with E-state index in [1.54, 1.807) is 14.2 Å². The summed E-state index contributed by atoms with van der Waals surface area (Å²) in [5, 5.41) is 3.37. The number of rotatable bonds is 7. The third-order valence-corrected chi connectivity index (χ3v) is 5.49. The Kier molecular flexibility index (Phi) is 7.71. The zero-order chi connectivity index (χ0) is 21.3. The highest BCUT2D eigenvalue weighted by Crippen LogP contribution is 2.19. The molecular formula is C24H32N4O2. The SMILES string of the molecule is CN=C(NCCCC(=O)N1CCc2ccccc2C1)N(C)Cc1ccc(OC)cc1. The maximum Gasteiger partial charge on any atom is 0.222 e. The summed E-state index contributed by atoms with van der Waals surface area (Å²) in [7, 11) is 5.46. The van der Waals surface area contributed by atoms with Crippen LogP contribution in [0.2, 0.25) is 0 Å². The third-order valence-electron chi connectivity index (χ3n) is 5.49. The van der Waals surface area contributed by atoms with E-state index in [0.717, 1.165) is 50.7 Å². The van der Waals surface area contributed by atoms with Gasteiger partial charge in [-0.2, -0.15) is 0 Å². The fourth-order valence-electron chi connectivity index (χ4n) is 3.77. The molecule has 1 heterocycles. The Morgan fingerprint density at radius 3 is 2.60 bits per heavy atom. The molecule has 0 saturated carbocycles. The summed E-state index contributed by atoms with van der Waals surface area (Å²) in [6.45, 7) is 3.01. The standard InChI is InChI=1S/C24H32N4O2/c1-25-24(27(2)17-19-10-12-22(30-3)13-11-19)26-15-6-9-23(29)28-16-14-20-7-4-5-8-21(20)18-28/h4-5,7-8,10-13H,6,9,14-18H2,1-3H3,(H,25,26). The molecule has 0 bridgehead atoms. The lowest BCUT2D eigenvalue weighted by Gasteiger charge is -2.29. The topological polar surface area (TPSA) is 57.2 Å². The zero-order valence-electron chi connectivity index (χ0n) is 18.2. The van der Waals surface area contributed by atoms with Crippen LogP contribution in [0.5, 0.6) is 5.75 Å². The summed E-state index contributed by atoms with van der Waals surface area (Å²) in [6.07, 6.45) is 2.28. The zero-order valence-corrected chi connectivity index (χ0v) is 18.2. The van der Waals surface area contributed by atoms with Crippen LogP contribution in [0, 0.1) is 0 Å². The van der Waals surface area contributed by atoms with Crippen molar-refractivity contribution in [3.8, 4) is 5.75 Å². The summed E-state index contributed by atoms with van der Waals surface area (Å²) in [5.74, 6) is 1.91. The minimum atomic E-state index is 0.230. The van der Waals surface area contributed by atoms with Gasteiger partial charge in [0.15, 0.2) is 5.96 Å². The van der Waals surface area contributed by atoms with Crippen LogP contribution in [0.25, 0.3) is 0 Å². The van der Waals surface area contributed by atoms with Crippen LogP contribution in [0.15, 0.2) is 53.5 Å². The second-order valence-electron chi connectivity index (χ2n) is 7.62. The number of nitrogens with one attached hydrogen (secondary N) is 1. The largest absolute Gasteiger partial charge is 0.497 e. The van der Waals surface area contributed by atoms with Gasteiger partial charge in [0.2, 0.25) is 5.91 Å². The van der Waals surface area contributed by atoms with Crippen LogP contribution in [-0.4, -0.2) is 56.0 Å². The summed E-state index contributed by atoms with van der Waals surface area (Å²) < 4.78 is 5.21. The molecule has 30 heavy (non-hydrogen) atoms. The van der Waals surface area contributed by atoms with Gasteiger partial charge in [0.1, 0.15) is 5.75 Å². The molecule has 0 saturated heterocycles. The lowest BCUT2D eigenvalue weighted by molar-refractivity contribution is -0.132. The number of hydrogen-bond acceptors (Lipinski definition) is 3. The summed E-state index contributed by atoms with van der Waals surface area (Å²) in [6, 6.07) is 16.4. The van der Waals surface area contributed by atoms with Gasteiger partial charge in [0.05, 0.1) is 7.11 Å².